The first-order valence-corrected chi connectivity index (χ1v) is 21.3. The summed E-state index contributed by atoms with van der Waals surface area (Å²) < 4.78 is 13.5. The minimum absolute atomic E-state index is 0.332. The third-order valence-corrected chi connectivity index (χ3v) is 11.6. The zero-order valence-corrected chi connectivity index (χ0v) is 36.5. The molecule has 0 saturated carbocycles. The molecule has 8 aromatic rings. The van der Waals surface area contributed by atoms with Crippen LogP contribution in [0.25, 0.3) is 55.6 Å². The van der Waals surface area contributed by atoms with Crippen molar-refractivity contribution in [2.75, 3.05) is 0 Å². The van der Waals surface area contributed by atoms with E-state index < -0.39 is 7.12 Å². The molecule has 7 heteroatoms. The van der Waals surface area contributed by atoms with Crippen LogP contribution in [0.2, 0.25) is 0 Å². The normalized spacial score (nSPS) is 13.6. The Hall–Kier alpha value is -5.79. The summed E-state index contributed by atoms with van der Waals surface area (Å²) >= 11 is 3.52. The molecular formula is C54H49B2BrO4. The van der Waals surface area contributed by atoms with Gasteiger partial charge in [0.05, 0.1) is 11.2 Å². The average Bonchev–Trinajstić information content (AvgIpc) is 3.53. The van der Waals surface area contributed by atoms with Gasteiger partial charge in [-0.1, -0.05) is 204 Å². The smallest absolute Gasteiger partial charge is 0.423 e. The molecule has 9 rings (SSSR count). The maximum absolute atomic E-state index is 9.05. The number of rotatable bonds is 7. The van der Waals surface area contributed by atoms with E-state index in [4.69, 9.17) is 19.4 Å². The molecule has 0 radical (unpaired) electrons. The Morgan fingerprint density at radius 3 is 1.13 bits per heavy atom. The Morgan fingerprint density at radius 1 is 0.377 bits per heavy atom. The van der Waals surface area contributed by atoms with Crippen LogP contribution in [-0.2, 0) is 9.31 Å². The fourth-order valence-electron chi connectivity index (χ4n) is 7.04. The van der Waals surface area contributed by atoms with E-state index in [0.717, 1.165) is 21.1 Å². The highest BCUT2D eigenvalue weighted by atomic mass is 79.9. The molecule has 2 N–H and O–H groups in total. The maximum Gasteiger partial charge on any atom is 0.494 e. The first-order valence-electron chi connectivity index (χ1n) is 20.5. The van der Waals surface area contributed by atoms with Crippen molar-refractivity contribution in [1.82, 2.24) is 0 Å². The van der Waals surface area contributed by atoms with Crippen LogP contribution in [0.5, 0.6) is 0 Å². The highest BCUT2D eigenvalue weighted by Gasteiger charge is 2.51. The molecule has 1 heterocycles. The van der Waals surface area contributed by atoms with Crippen molar-refractivity contribution in [3.63, 3.8) is 0 Å². The third-order valence-electron chi connectivity index (χ3n) is 11.1. The molecule has 302 valence electrons. The van der Waals surface area contributed by atoms with Gasteiger partial charge in [0.2, 0.25) is 0 Å². The van der Waals surface area contributed by atoms with E-state index in [0.29, 0.717) is 5.46 Å². The molecule has 1 saturated heterocycles. The van der Waals surface area contributed by atoms with Gasteiger partial charge in [0.1, 0.15) is 0 Å². The van der Waals surface area contributed by atoms with Gasteiger partial charge in [-0.05, 0) is 119 Å². The van der Waals surface area contributed by atoms with E-state index in [2.05, 4.69) is 183 Å². The number of hydrogen-bond acceptors (Lipinski definition) is 4. The Kier molecular flexibility index (Phi) is 14.0. The lowest BCUT2D eigenvalue weighted by molar-refractivity contribution is 0.00578. The monoisotopic (exact) mass is 862 g/mol. The Morgan fingerprint density at radius 2 is 0.705 bits per heavy atom. The molecule has 0 aromatic heterocycles. The molecule has 1 aliphatic heterocycles. The molecule has 0 atom stereocenters. The van der Waals surface area contributed by atoms with Gasteiger partial charge >= 0.3 is 14.2 Å². The Balaban J connectivity index is 0.000000145. The second-order valence-corrected chi connectivity index (χ2v) is 16.9. The largest absolute Gasteiger partial charge is 0.494 e. The van der Waals surface area contributed by atoms with Gasteiger partial charge in [0, 0.05) is 4.47 Å². The molecule has 61 heavy (non-hydrogen) atoms. The molecule has 0 spiro atoms. The van der Waals surface area contributed by atoms with Crippen molar-refractivity contribution < 1.29 is 19.4 Å². The van der Waals surface area contributed by atoms with E-state index >= 15 is 0 Å². The molecule has 0 amide bonds. The Labute approximate surface area is 369 Å². The summed E-state index contributed by atoms with van der Waals surface area (Å²) in [5, 5.41) is 18.1. The van der Waals surface area contributed by atoms with Crippen LogP contribution in [0.15, 0.2) is 217 Å². The second kappa shape index (κ2) is 19.7. The fraction of sp³-hybridized carbons (Fsp3) is 0.111. The summed E-state index contributed by atoms with van der Waals surface area (Å²) in [5.41, 5.74) is 12.7. The SMILES string of the molecule is Brc1cccc(-c2cccc(-c3ccccc3)c2)c1.CC1(C)OB(c2cccc(-c3cccc(-c4ccccc4)c3)c2)OC1(C)C.OB(O)c1cccc(-c2ccccc2)c1. The highest BCUT2D eigenvalue weighted by Crippen LogP contribution is 2.37. The molecule has 4 nitrogen and oxygen atoms in total. The molecule has 1 aliphatic rings. The van der Waals surface area contributed by atoms with Gasteiger partial charge in [-0.2, -0.15) is 0 Å². The minimum atomic E-state index is -1.41. The van der Waals surface area contributed by atoms with Crippen LogP contribution >= 0.6 is 15.9 Å². The molecule has 8 aromatic carbocycles. The molecule has 1 fully saturated rings. The van der Waals surface area contributed by atoms with Crippen molar-refractivity contribution in [1.29, 1.82) is 0 Å². The van der Waals surface area contributed by atoms with Gasteiger partial charge in [-0.25, -0.2) is 0 Å². The van der Waals surface area contributed by atoms with Gasteiger partial charge in [0.15, 0.2) is 0 Å². The van der Waals surface area contributed by atoms with Gasteiger partial charge in [-0.15, -0.1) is 0 Å². The summed E-state index contributed by atoms with van der Waals surface area (Å²) in [5.74, 6) is 0. The van der Waals surface area contributed by atoms with Crippen molar-refractivity contribution in [2.24, 2.45) is 0 Å². The number of halogens is 1. The lowest BCUT2D eigenvalue weighted by Crippen LogP contribution is -2.41. The van der Waals surface area contributed by atoms with Crippen LogP contribution in [0.3, 0.4) is 0 Å². The van der Waals surface area contributed by atoms with Crippen LogP contribution in [0.4, 0.5) is 0 Å². The predicted molar refractivity (Wildman–Crippen MR) is 260 cm³/mol. The van der Waals surface area contributed by atoms with E-state index in [1.165, 1.54) is 44.5 Å². The van der Waals surface area contributed by atoms with Crippen molar-refractivity contribution in [2.45, 2.75) is 38.9 Å². The van der Waals surface area contributed by atoms with Crippen LogP contribution in [0.1, 0.15) is 27.7 Å². The molecule has 0 aliphatic carbocycles. The van der Waals surface area contributed by atoms with Crippen molar-refractivity contribution in [3.05, 3.63) is 217 Å². The van der Waals surface area contributed by atoms with E-state index in [-0.39, 0.29) is 18.3 Å². The average molecular weight is 864 g/mol. The third kappa shape index (κ3) is 11.1. The predicted octanol–water partition coefficient (Wildman–Crippen LogP) is 12.1. The summed E-state index contributed by atoms with van der Waals surface area (Å²) in [7, 11) is -1.75. The standard InChI is InChI=1S/C24H25BO2.C18H13Br.C12H11BO2/c1-23(2)24(3,4)27-25(26-23)22-15-9-14-21(17-22)20-13-8-12-19(16-20)18-10-6-5-7-11-18;19-18-11-5-10-17(13-18)16-9-4-8-15(12-16)14-6-2-1-3-7-14;14-13(15)12-8-4-7-11(9-12)10-5-2-1-3-6-10/h5-17H,1-4H3;1-13H;1-9,14-15H. The van der Waals surface area contributed by atoms with Gasteiger partial charge in [0.25, 0.3) is 0 Å². The Bertz CT molecular complexity index is 2640. The summed E-state index contributed by atoms with van der Waals surface area (Å²) in [6, 6.07) is 72.1. The van der Waals surface area contributed by atoms with E-state index in [1.807, 2.05) is 60.7 Å². The number of hydrogen-bond donors (Lipinski definition) is 2. The van der Waals surface area contributed by atoms with E-state index in [9.17, 15) is 0 Å². The van der Waals surface area contributed by atoms with Gasteiger partial charge < -0.3 is 19.4 Å². The first-order chi connectivity index (χ1) is 29.5. The van der Waals surface area contributed by atoms with E-state index in [1.54, 1.807) is 12.1 Å². The zero-order valence-electron chi connectivity index (χ0n) is 35.0. The topological polar surface area (TPSA) is 58.9 Å². The zero-order chi connectivity index (χ0) is 42.8. The summed E-state index contributed by atoms with van der Waals surface area (Å²) in [6.45, 7) is 8.33. The second-order valence-electron chi connectivity index (χ2n) is 16.0. The maximum atomic E-state index is 9.05. The number of benzene rings is 8. The summed E-state index contributed by atoms with van der Waals surface area (Å²) in [6.07, 6.45) is 0. The quantitative estimate of drug-likeness (QED) is 0.157. The molecule has 0 unspecified atom stereocenters. The minimum Gasteiger partial charge on any atom is -0.423 e. The lowest BCUT2D eigenvalue weighted by Gasteiger charge is -2.32. The molecule has 0 bridgehead atoms. The highest BCUT2D eigenvalue weighted by molar-refractivity contribution is 9.10. The van der Waals surface area contributed by atoms with Crippen LogP contribution in [0, 0.1) is 0 Å². The van der Waals surface area contributed by atoms with Crippen molar-refractivity contribution >= 4 is 41.1 Å². The molecular weight excluding hydrogens is 814 g/mol. The van der Waals surface area contributed by atoms with Crippen LogP contribution in [-0.4, -0.2) is 35.5 Å². The fourth-order valence-corrected chi connectivity index (χ4v) is 7.44. The van der Waals surface area contributed by atoms with Crippen LogP contribution < -0.4 is 10.9 Å². The van der Waals surface area contributed by atoms with Crippen molar-refractivity contribution in [3.8, 4) is 55.6 Å². The summed E-state index contributed by atoms with van der Waals surface area (Å²) in [4.78, 5) is 0. The first kappa shape index (κ1) is 43.3. The van der Waals surface area contributed by atoms with Gasteiger partial charge in [-0.3, -0.25) is 0 Å². The lowest BCUT2D eigenvalue weighted by atomic mass is 9.78.